The number of aryl methyl sites for hydroxylation is 1. The fourth-order valence-corrected chi connectivity index (χ4v) is 3.01. The van der Waals surface area contributed by atoms with E-state index in [2.05, 4.69) is 17.4 Å². The molecule has 0 aliphatic carbocycles. The molecular formula is C22H23FN2O2. The van der Waals surface area contributed by atoms with Gasteiger partial charge in [0.2, 0.25) is 0 Å². The van der Waals surface area contributed by atoms with Crippen LogP contribution in [0.4, 0.5) is 4.39 Å². The minimum Gasteiger partial charge on any atom is -0.355 e. The summed E-state index contributed by atoms with van der Waals surface area (Å²) in [5, 5.41) is 6.80. The van der Waals surface area contributed by atoms with Crippen LogP contribution >= 0.6 is 0 Å². The molecule has 3 aromatic rings. The molecule has 5 heteroatoms. The molecule has 2 aromatic carbocycles. The molecule has 1 heterocycles. The Labute approximate surface area is 158 Å². The lowest BCUT2D eigenvalue weighted by molar-refractivity contribution is 0.0941. The van der Waals surface area contributed by atoms with E-state index >= 15 is 0 Å². The zero-order valence-electron chi connectivity index (χ0n) is 15.5. The summed E-state index contributed by atoms with van der Waals surface area (Å²) in [4.78, 5) is 12.4. The topological polar surface area (TPSA) is 55.1 Å². The van der Waals surface area contributed by atoms with Crippen LogP contribution in [0.2, 0.25) is 0 Å². The fourth-order valence-electron chi connectivity index (χ4n) is 3.01. The van der Waals surface area contributed by atoms with Gasteiger partial charge in [0.1, 0.15) is 5.82 Å². The first-order chi connectivity index (χ1) is 13.1. The third-order valence-corrected chi connectivity index (χ3v) is 4.57. The van der Waals surface area contributed by atoms with Gasteiger partial charge in [0.15, 0.2) is 11.5 Å². The number of nitrogens with zero attached hydrogens (tertiary/aromatic N) is 1. The number of hydrogen-bond donors (Lipinski definition) is 1. The minimum atomic E-state index is -0.277. The predicted octanol–water partition coefficient (Wildman–Crippen LogP) is 5.10. The molecule has 0 radical (unpaired) electrons. The second kappa shape index (κ2) is 8.62. The zero-order valence-corrected chi connectivity index (χ0v) is 15.5. The third kappa shape index (κ3) is 4.82. The van der Waals surface area contributed by atoms with Crippen LogP contribution in [-0.4, -0.2) is 17.6 Å². The van der Waals surface area contributed by atoms with E-state index in [-0.39, 0.29) is 23.3 Å². The van der Waals surface area contributed by atoms with Crippen LogP contribution in [0, 0.1) is 12.7 Å². The summed E-state index contributed by atoms with van der Waals surface area (Å²) in [7, 11) is 0. The highest BCUT2D eigenvalue weighted by atomic mass is 19.1. The van der Waals surface area contributed by atoms with E-state index < -0.39 is 0 Å². The highest BCUT2D eigenvalue weighted by molar-refractivity contribution is 5.93. The van der Waals surface area contributed by atoms with E-state index in [9.17, 15) is 9.18 Å². The van der Waals surface area contributed by atoms with Crippen molar-refractivity contribution >= 4 is 5.91 Å². The molecule has 0 saturated heterocycles. The second-order valence-corrected chi connectivity index (χ2v) is 6.69. The van der Waals surface area contributed by atoms with Crippen molar-refractivity contribution in [1.82, 2.24) is 10.5 Å². The van der Waals surface area contributed by atoms with Gasteiger partial charge in [-0.15, -0.1) is 0 Å². The molecule has 0 aliphatic heterocycles. The van der Waals surface area contributed by atoms with Crippen molar-refractivity contribution in [3.8, 4) is 11.3 Å². The van der Waals surface area contributed by atoms with Gasteiger partial charge in [0.25, 0.3) is 5.91 Å². The maximum atomic E-state index is 13.1. The van der Waals surface area contributed by atoms with E-state index in [1.165, 1.54) is 12.1 Å². The smallest absolute Gasteiger partial charge is 0.273 e. The lowest BCUT2D eigenvalue weighted by atomic mass is 9.94. The summed E-state index contributed by atoms with van der Waals surface area (Å²) >= 11 is 0. The molecule has 3 rings (SSSR count). The molecule has 0 saturated carbocycles. The van der Waals surface area contributed by atoms with Crippen LogP contribution in [0.1, 0.15) is 47.3 Å². The van der Waals surface area contributed by atoms with Gasteiger partial charge in [-0.25, -0.2) is 4.39 Å². The van der Waals surface area contributed by atoms with Gasteiger partial charge in [0, 0.05) is 24.1 Å². The third-order valence-electron chi connectivity index (χ3n) is 4.57. The summed E-state index contributed by atoms with van der Waals surface area (Å²) in [6, 6.07) is 15.9. The number of rotatable bonds is 7. The maximum Gasteiger partial charge on any atom is 0.273 e. The van der Waals surface area contributed by atoms with Crippen molar-refractivity contribution < 1.29 is 13.7 Å². The zero-order chi connectivity index (χ0) is 19.2. The standard InChI is InChI=1S/C22H23FN2O2/c1-3-4-18(16-9-11-19(23)12-10-16)14-24-22(26)20-13-21(27-25-20)17-7-5-15(2)6-8-17/h5-13,18H,3-4,14H2,1-2H3,(H,24,26). The van der Waals surface area contributed by atoms with Gasteiger partial charge in [0.05, 0.1) is 0 Å². The molecule has 1 atom stereocenters. The largest absolute Gasteiger partial charge is 0.355 e. The first-order valence-corrected chi connectivity index (χ1v) is 9.14. The monoisotopic (exact) mass is 366 g/mol. The molecule has 0 bridgehead atoms. The van der Waals surface area contributed by atoms with E-state index in [4.69, 9.17) is 4.52 Å². The van der Waals surface area contributed by atoms with Gasteiger partial charge in [-0.05, 0) is 31.0 Å². The Hall–Kier alpha value is -2.95. The highest BCUT2D eigenvalue weighted by Crippen LogP contribution is 2.22. The van der Waals surface area contributed by atoms with Crippen molar-refractivity contribution in [2.24, 2.45) is 0 Å². The Morgan fingerprint density at radius 2 is 1.85 bits per heavy atom. The number of carbonyl (C=O) groups excluding carboxylic acids is 1. The summed E-state index contributed by atoms with van der Waals surface area (Å²) in [5.41, 5.74) is 3.29. The van der Waals surface area contributed by atoms with E-state index in [0.29, 0.717) is 12.3 Å². The van der Waals surface area contributed by atoms with Crippen LogP contribution in [0.3, 0.4) is 0 Å². The first-order valence-electron chi connectivity index (χ1n) is 9.14. The molecule has 0 aliphatic rings. The fraction of sp³-hybridized carbons (Fsp3) is 0.273. The molecule has 1 N–H and O–H groups in total. The molecule has 0 spiro atoms. The van der Waals surface area contributed by atoms with Gasteiger partial charge in [-0.1, -0.05) is 60.5 Å². The van der Waals surface area contributed by atoms with Crippen molar-refractivity contribution in [2.45, 2.75) is 32.6 Å². The normalized spacial score (nSPS) is 12.0. The highest BCUT2D eigenvalue weighted by Gasteiger charge is 2.17. The summed E-state index contributed by atoms with van der Waals surface area (Å²) in [5.74, 6) is 0.149. The van der Waals surface area contributed by atoms with Crippen LogP contribution in [0.25, 0.3) is 11.3 Å². The Balaban J connectivity index is 1.65. The van der Waals surface area contributed by atoms with Crippen LogP contribution < -0.4 is 5.32 Å². The summed E-state index contributed by atoms with van der Waals surface area (Å²) in [6.45, 7) is 4.56. The summed E-state index contributed by atoms with van der Waals surface area (Å²) in [6.07, 6.45) is 1.87. The van der Waals surface area contributed by atoms with E-state index in [1.54, 1.807) is 18.2 Å². The Kier molecular flexibility index (Phi) is 6.01. The SMILES string of the molecule is CCCC(CNC(=O)c1cc(-c2ccc(C)cc2)on1)c1ccc(F)cc1. The van der Waals surface area contributed by atoms with Crippen molar-refractivity contribution in [3.05, 3.63) is 77.2 Å². The van der Waals surface area contributed by atoms with Gasteiger partial charge in [-0.3, -0.25) is 4.79 Å². The van der Waals surface area contributed by atoms with Gasteiger partial charge >= 0.3 is 0 Å². The Bertz CT molecular complexity index is 885. The number of halogens is 1. The van der Waals surface area contributed by atoms with E-state index in [0.717, 1.165) is 29.5 Å². The number of hydrogen-bond acceptors (Lipinski definition) is 3. The molecule has 140 valence electrons. The van der Waals surface area contributed by atoms with Gasteiger partial charge < -0.3 is 9.84 Å². The predicted molar refractivity (Wildman–Crippen MR) is 103 cm³/mol. The van der Waals surface area contributed by atoms with Crippen LogP contribution in [0.15, 0.2) is 59.1 Å². The van der Waals surface area contributed by atoms with Crippen molar-refractivity contribution in [2.75, 3.05) is 6.54 Å². The number of benzene rings is 2. The lowest BCUT2D eigenvalue weighted by Gasteiger charge is -2.17. The number of amides is 1. The minimum absolute atomic E-state index is 0.128. The molecule has 1 aromatic heterocycles. The molecular weight excluding hydrogens is 343 g/mol. The average molecular weight is 366 g/mol. The van der Waals surface area contributed by atoms with Gasteiger partial charge in [-0.2, -0.15) is 0 Å². The maximum absolute atomic E-state index is 13.1. The van der Waals surface area contributed by atoms with Crippen molar-refractivity contribution in [3.63, 3.8) is 0 Å². The molecule has 27 heavy (non-hydrogen) atoms. The quantitative estimate of drug-likeness (QED) is 0.633. The van der Waals surface area contributed by atoms with Crippen LogP contribution in [0.5, 0.6) is 0 Å². The molecule has 1 amide bonds. The van der Waals surface area contributed by atoms with Crippen LogP contribution in [-0.2, 0) is 0 Å². The molecule has 4 nitrogen and oxygen atoms in total. The molecule has 0 fully saturated rings. The second-order valence-electron chi connectivity index (χ2n) is 6.69. The van der Waals surface area contributed by atoms with Crippen molar-refractivity contribution in [1.29, 1.82) is 0 Å². The Morgan fingerprint density at radius 1 is 1.15 bits per heavy atom. The average Bonchev–Trinajstić information content (AvgIpc) is 3.16. The first kappa shape index (κ1) is 18.8. The van der Waals surface area contributed by atoms with E-state index in [1.807, 2.05) is 31.2 Å². The lowest BCUT2D eigenvalue weighted by Crippen LogP contribution is -2.28. The number of carbonyl (C=O) groups is 1. The summed E-state index contributed by atoms with van der Waals surface area (Å²) < 4.78 is 18.5. The number of aromatic nitrogens is 1. The number of nitrogens with one attached hydrogen (secondary N) is 1. The molecule has 1 unspecified atom stereocenters. The Morgan fingerprint density at radius 3 is 2.52 bits per heavy atom.